The maximum Gasteiger partial charge on any atom is 0.331 e. The van der Waals surface area contributed by atoms with Gasteiger partial charge in [-0.3, -0.25) is 14.6 Å². The normalized spacial score (nSPS) is 19.0. The molecule has 2 N–H and O–H groups in total. The van der Waals surface area contributed by atoms with Crippen LogP contribution >= 0.6 is 0 Å². The maximum absolute atomic E-state index is 13.6. The molecular formula is C42H50N8O3. The molecule has 5 heterocycles. The Labute approximate surface area is 312 Å². The van der Waals surface area contributed by atoms with Crippen LogP contribution in [0.15, 0.2) is 72.9 Å². The fraction of sp³-hybridized carbons (Fsp3) is 0.429. The van der Waals surface area contributed by atoms with Crippen LogP contribution in [0, 0.1) is 6.92 Å². The third kappa shape index (κ3) is 7.72. The first-order valence-electron chi connectivity index (χ1n) is 19.2. The van der Waals surface area contributed by atoms with E-state index in [-0.39, 0.29) is 18.5 Å². The summed E-state index contributed by atoms with van der Waals surface area (Å²) in [5, 5.41) is 6.76. The largest absolute Gasteiger partial charge is 0.497 e. The lowest BCUT2D eigenvalue weighted by atomic mass is 9.87. The number of methoxy groups -OCH3 is 1. The van der Waals surface area contributed by atoms with Crippen LogP contribution in [0.4, 0.5) is 27.8 Å². The summed E-state index contributed by atoms with van der Waals surface area (Å²) in [6.45, 7) is 8.89. The van der Waals surface area contributed by atoms with E-state index in [0.29, 0.717) is 30.9 Å². The number of carbonyl (C=O) groups excluding carboxylic acids is 2. The van der Waals surface area contributed by atoms with Gasteiger partial charge in [0.1, 0.15) is 5.75 Å². The van der Waals surface area contributed by atoms with Gasteiger partial charge in [-0.25, -0.2) is 14.8 Å². The molecule has 4 aliphatic heterocycles. The molecule has 53 heavy (non-hydrogen) atoms. The van der Waals surface area contributed by atoms with Gasteiger partial charge < -0.3 is 25.2 Å². The van der Waals surface area contributed by atoms with E-state index in [4.69, 9.17) is 9.72 Å². The Morgan fingerprint density at radius 1 is 0.887 bits per heavy atom. The number of hydrogen-bond donors (Lipinski definition) is 2. The fourth-order valence-electron chi connectivity index (χ4n) is 8.48. The van der Waals surface area contributed by atoms with Crippen molar-refractivity contribution in [2.75, 3.05) is 61.5 Å². The van der Waals surface area contributed by atoms with E-state index in [1.807, 2.05) is 30.5 Å². The predicted molar refractivity (Wildman–Crippen MR) is 208 cm³/mol. The summed E-state index contributed by atoms with van der Waals surface area (Å²) in [4.78, 5) is 44.0. The van der Waals surface area contributed by atoms with E-state index >= 15 is 0 Å². The highest BCUT2D eigenvalue weighted by molar-refractivity contribution is 6.05. The zero-order valence-electron chi connectivity index (χ0n) is 30.9. The molecule has 0 radical (unpaired) electrons. The predicted octanol–water partition coefficient (Wildman–Crippen LogP) is 6.39. The minimum Gasteiger partial charge on any atom is -0.497 e. The standard InChI is InChI=1S/C42H50N8O3/c1-29-25-32(5-12-39(29)49-24-18-40(51)50(42(49)52)28-30-3-10-37(53-2)11-4-30)31-14-20-47(21-15-31)36-16-22-48(23-17-36)35-8-6-34(7-9-35)45-41-44-26-33-13-19-43-27-38(33)46-41/h3-12,25-26,31,36,43H,13-24,27-28H2,1-2H3,(H,44,45,46). The number of benzene rings is 3. The van der Waals surface area contributed by atoms with Gasteiger partial charge in [0.25, 0.3) is 0 Å². The molecule has 1 aromatic heterocycles. The summed E-state index contributed by atoms with van der Waals surface area (Å²) in [6.07, 6.45) is 7.89. The molecule has 0 unspecified atom stereocenters. The Balaban J connectivity index is 0.815. The number of ether oxygens (including phenoxy) is 1. The van der Waals surface area contributed by atoms with Crippen molar-refractivity contribution in [2.45, 2.75) is 70.5 Å². The summed E-state index contributed by atoms with van der Waals surface area (Å²) in [5.74, 6) is 1.78. The number of likely N-dealkylation sites (tertiary alicyclic amines) is 1. The second-order valence-corrected chi connectivity index (χ2v) is 14.9. The first-order valence-corrected chi connectivity index (χ1v) is 19.2. The number of amides is 3. The topological polar surface area (TPSA) is 106 Å². The first-order chi connectivity index (χ1) is 25.9. The van der Waals surface area contributed by atoms with Gasteiger partial charge in [-0.15, -0.1) is 0 Å². The highest BCUT2D eigenvalue weighted by Crippen LogP contribution is 2.35. The van der Waals surface area contributed by atoms with Crippen molar-refractivity contribution < 1.29 is 14.3 Å². The minimum atomic E-state index is -0.254. The van der Waals surface area contributed by atoms with E-state index in [1.165, 1.54) is 34.6 Å². The number of imide groups is 1. The summed E-state index contributed by atoms with van der Waals surface area (Å²) in [6, 6.07) is 23.1. The number of nitrogens with one attached hydrogen (secondary N) is 2. The molecule has 4 aromatic rings. The maximum atomic E-state index is 13.6. The van der Waals surface area contributed by atoms with E-state index in [1.54, 1.807) is 12.0 Å². The van der Waals surface area contributed by atoms with Crippen molar-refractivity contribution in [3.63, 3.8) is 0 Å². The van der Waals surface area contributed by atoms with Crippen LogP contribution in [0.1, 0.15) is 66.0 Å². The quantitative estimate of drug-likeness (QED) is 0.204. The molecule has 3 aromatic carbocycles. The lowest BCUT2D eigenvalue weighted by Gasteiger charge is -2.42. The minimum absolute atomic E-state index is 0.133. The van der Waals surface area contributed by atoms with Crippen LogP contribution in [0.5, 0.6) is 5.75 Å². The Kier molecular flexibility index (Phi) is 10.3. The number of anilines is 4. The van der Waals surface area contributed by atoms with Crippen LogP contribution in [0.2, 0.25) is 0 Å². The number of nitrogens with zero attached hydrogens (tertiary/aromatic N) is 6. The Morgan fingerprint density at radius 2 is 1.66 bits per heavy atom. The van der Waals surface area contributed by atoms with Gasteiger partial charge in [0.2, 0.25) is 11.9 Å². The number of rotatable bonds is 9. The van der Waals surface area contributed by atoms with E-state index in [2.05, 4.69) is 74.8 Å². The molecule has 3 saturated heterocycles. The molecule has 0 bridgehead atoms. The zero-order valence-corrected chi connectivity index (χ0v) is 30.9. The lowest BCUT2D eigenvalue weighted by molar-refractivity contribution is -0.129. The third-order valence-electron chi connectivity index (χ3n) is 11.6. The summed E-state index contributed by atoms with van der Waals surface area (Å²) >= 11 is 0. The molecule has 11 heteroatoms. The second kappa shape index (κ2) is 15.5. The zero-order chi connectivity index (χ0) is 36.3. The Morgan fingerprint density at radius 3 is 2.40 bits per heavy atom. The van der Waals surface area contributed by atoms with Crippen molar-refractivity contribution in [3.05, 3.63) is 101 Å². The van der Waals surface area contributed by atoms with E-state index in [9.17, 15) is 9.59 Å². The third-order valence-corrected chi connectivity index (χ3v) is 11.6. The number of urea groups is 1. The molecule has 11 nitrogen and oxygen atoms in total. The smallest absolute Gasteiger partial charge is 0.331 e. The average molecular weight is 715 g/mol. The summed E-state index contributed by atoms with van der Waals surface area (Å²) < 4.78 is 5.25. The van der Waals surface area contributed by atoms with Crippen molar-refractivity contribution in [3.8, 4) is 5.75 Å². The van der Waals surface area contributed by atoms with Crippen LogP contribution in [-0.2, 0) is 24.3 Å². The Hall–Kier alpha value is -5.00. The molecule has 0 atom stereocenters. The van der Waals surface area contributed by atoms with Gasteiger partial charge in [-0.1, -0.05) is 24.3 Å². The molecule has 3 amide bonds. The van der Waals surface area contributed by atoms with Gasteiger partial charge in [-0.05, 0) is 129 Å². The molecule has 276 valence electrons. The molecule has 0 saturated carbocycles. The van der Waals surface area contributed by atoms with Crippen LogP contribution in [0.3, 0.4) is 0 Å². The molecule has 4 aliphatic rings. The number of piperidine rings is 2. The summed E-state index contributed by atoms with van der Waals surface area (Å²) in [5.41, 5.74) is 8.81. The summed E-state index contributed by atoms with van der Waals surface area (Å²) in [7, 11) is 1.62. The first kappa shape index (κ1) is 35.1. The van der Waals surface area contributed by atoms with Crippen LogP contribution in [0.25, 0.3) is 0 Å². The molecule has 0 aliphatic carbocycles. The van der Waals surface area contributed by atoms with E-state index in [0.717, 1.165) is 92.5 Å². The molecular weight excluding hydrogens is 665 g/mol. The second-order valence-electron chi connectivity index (χ2n) is 14.9. The van der Waals surface area contributed by atoms with Gasteiger partial charge >= 0.3 is 6.03 Å². The average Bonchev–Trinajstić information content (AvgIpc) is 3.20. The lowest BCUT2D eigenvalue weighted by Crippen LogP contribution is -2.52. The SMILES string of the molecule is COc1ccc(CN2C(=O)CCN(c3ccc(C4CCN(C5CCN(c6ccc(Nc7ncc8c(n7)CNCC8)cc6)CC5)CC4)cc3C)C2=O)cc1. The fourth-order valence-corrected chi connectivity index (χ4v) is 8.48. The van der Waals surface area contributed by atoms with Gasteiger partial charge in [0, 0.05) is 61.9 Å². The highest BCUT2D eigenvalue weighted by atomic mass is 16.5. The number of aromatic nitrogens is 2. The van der Waals surface area contributed by atoms with Crippen molar-refractivity contribution in [2.24, 2.45) is 0 Å². The molecule has 8 rings (SSSR count). The molecule has 3 fully saturated rings. The van der Waals surface area contributed by atoms with Crippen molar-refractivity contribution in [1.29, 1.82) is 0 Å². The number of carbonyl (C=O) groups is 2. The number of hydrogen-bond acceptors (Lipinski definition) is 9. The van der Waals surface area contributed by atoms with Crippen molar-refractivity contribution in [1.82, 2.24) is 25.1 Å². The van der Waals surface area contributed by atoms with Gasteiger partial charge in [0.15, 0.2) is 0 Å². The Bertz CT molecular complexity index is 1920. The number of fused-ring (bicyclic) bond motifs is 1. The van der Waals surface area contributed by atoms with Crippen molar-refractivity contribution >= 4 is 34.9 Å². The van der Waals surface area contributed by atoms with Crippen LogP contribution < -0.4 is 25.2 Å². The monoisotopic (exact) mass is 714 g/mol. The van der Waals surface area contributed by atoms with Crippen LogP contribution in [-0.4, -0.2) is 84.1 Å². The number of aryl methyl sites for hydroxylation is 1. The van der Waals surface area contributed by atoms with Gasteiger partial charge in [-0.2, -0.15) is 0 Å². The van der Waals surface area contributed by atoms with Gasteiger partial charge in [0.05, 0.1) is 19.3 Å². The molecule has 0 spiro atoms. The van der Waals surface area contributed by atoms with E-state index < -0.39 is 0 Å². The highest BCUT2D eigenvalue weighted by Gasteiger charge is 2.34.